The van der Waals surface area contributed by atoms with Crippen molar-refractivity contribution in [2.45, 2.75) is 13.0 Å². The van der Waals surface area contributed by atoms with E-state index in [1.54, 1.807) is 17.7 Å². The standard InChI is InChI=1S/C11H14N4OS/c16-4-3-13-10-9-7-1-2-12-5-8(7)17-11(9)15-6-14-10/h6,12,16H,1-5H2,(H,13,14,15). The second kappa shape index (κ2) is 4.56. The van der Waals surface area contributed by atoms with Gasteiger partial charge in [-0.2, -0.15) is 0 Å². The van der Waals surface area contributed by atoms with Gasteiger partial charge in [-0.1, -0.05) is 0 Å². The molecule has 90 valence electrons. The minimum Gasteiger partial charge on any atom is -0.395 e. The molecule has 3 N–H and O–H groups in total. The highest BCUT2D eigenvalue weighted by molar-refractivity contribution is 7.18. The van der Waals surface area contributed by atoms with Crippen LogP contribution in [0.25, 0.3) is 10.2 Å². The number of nitrogens with zero attached hydrogens (tertiary/aromatic N) is 2. The fourth-order valence-corrected chi connectivity index (χ4v) is 3.32. The summed E-state index contributed by atoms with van der Waals surface area (Å²) in [7, 11) is 0. The first kappa shape index (κ1) is 10.9. The van der Waals surface area contributed by atoms with E-state index in [0.717, 1.165) is 35.5 Å². The predicted molar refractivity (Wildman–Crippen MR) is 68.4 cm³/mol. The molecule has 0 spiro atoms. The minimum atomic E-state index is 0.110. The van der Waals surface area contributed by atoms with Gasteiger partial charge in [-0.05, 0) is 18.5 Å². The summed E-state index contributed by atoms with van der Waals surface area (Å²) in [5.41, 5.74) is 1.37. The lowest BCUT2D eigenvalue weighted by Crippen LogP contribution is -2.22. The predicted octanol–water partition coefficient (Wildman–Crippen LogP) is 0.741. The Kier molecular flexibility index (Phi) is 2.92. The van der Waals surface area contributed by atoms with Crippen LogP contribution in [0.1, 0.15) is 10.4 Å². The van der Waals surface area contributed by atoms with Crippen LogP contribution in [0.2, 0.25) is 0 Å². The molecule has 1 aliphatic heterocycles. The van der Waals surface area contributed by atoms with Crippen molar-refractivity contribution in [2.24, 2.45) is 0 Å². The van der Waals surface area contributed by atoms with Gasteiger partial charge in [0.1, 0.15) is 17.0 Å². The number of hydrogen-bond acceptors (Lipinski definition) is 6. The third kappa shape index (κ3) is 1.88. The van der Waals surface area contributed by atoms with E-state index in [4.69, 9.17) is 5.11 Å². The average Bonchev–Trinajstić information content (AvgIpc) is 2.75. The number of fused-ring (bicyclic) bond motifs is 3. The molecule has 0 aromatic carbocycles. The van der Waals surface area contributed by atoms with Gasteiger partial charge >= 0.3 is 0 Å². The molecule has 3 heterocycles. The Bertz CT molecular complexity index is 539. The SMILES string of the molecule is OCCNc1ncnc2sc3c(c12)CCNC3. The fraction of sp³-hybridized carbons (Fsp3) is 0.455. The van der Waals surface area contributed by atoms with Gasteiger partial charge in [-0.3, -0.25) is 0 Å². The summed E-state index contributed by atoms with van der Waals surface area (Å²) in [5, 5.41) is 16.5. The Balaban J connectivity index is 2.12. The Morgan fingerprint density at radius 1 is 1.47 bits per heavy atom. The van der Waals surface area contributed by atoms with Crippen LogP contribution < -0.4 is 10.6 Å². The van der Waals surface area contributed by atoms with Crippen molar-refractivity contribution in [1.82, 2.24) is 15.3 Å². The topological polar surface area (TPSA) is 70.1 Å². The van der Waals surface area contributed by atoms with Crippen LogP contribution in [-0.2, 0) is 13.0 Å². The van der Waals surface area contributed by atoms with Crippen LogP contribution in [0.4, 0.5) is 5.82 Å². The Hall–Kier alpha value is -1.24. The first-order chi connectivity index (χ1) is 8.40. The monoisotopic (exact) mass is 250 g/mol. The van der Waals surface area contributed by atoms with Gasteiger partial charge in [0.05, 0.1) is 12.0 Å². The molecule has 0 saturated heterocycles. The van der Waals surface area contributed by atoms with E-state index in [1.807, 2.05) is 0 Å². The number of aliphatic hydroxyl groups excluding tert-OH is 1. The first-order valence-corrected chi connectivity index (χ1v) is 6.52. The molecular weight excluding hydrogens is 236 g/mol. The highest BCUT2D eigenvalue weighted by Crippen LogP contribution is 2.35. The lowest BCUT2D eigenvalue weighted by molar-refractivity contribution is 0.311. The minimum absolute atomic E-state index is 0.110. The van der Waals surface area contributed by atoms with E-state index in [1.165, 1.54) is 10.4 Å². The Morgan fingerprint density at radius 3 is 3.29 bits per heavy atom. The summed E-state index contributed by atoms with van der Waals surface area (Å²) in [5.74, 6) is 0.850. The number of anilines is 1. The Morgan fingerprint density at radius 2 is 2.41 bits per heavy atom. The van der Waals surface area contributed by atoms with E-state index in [0.29, 0.717) is 6.54 Å². The molecule has 0 atom stereocenters. The summed E-state index contributed by atoms with van der Waals surface area (Å²) in [6.07, 6.45) is 2.61. The van der Waals surface area contributed by atoms with Gasteiger partial charge in [0, 0.05) is 18.0 Å². The summed E-state index contributed by atoms with van der Waals surface area (Å²) in [6, 6.07) is 0. The highest BCUT2D eigenvalue weighted by Gasteiger charge is 2.19. The van der Waals surface area contributed by atoms with Crippen molar-refractivity contribution < 1.29 is 5.11 Å². The van der Waals surface area contributed by atoms with Gasteiger partial charge < -0.3 is 15.7 Å². The second-order valence-electron chi connectivity index (χ2n) is 3.98. The number of nitrogens with one attached hydrogen (secondary N) is 2. The number of aromatic nitrogens is 2. The van der Waals surface area contributed by atoms with E-state index >= 15 is 0 Å². The molecule has 0 amide bonds. The highest BCUT2D eigenvalue weighted by atomic mass is 32.1. The molecule has 0 radical (unpaired) electrons. The quantitative estimate of drug-likeness (QED) is 0.749. The molecule has 5 nitrogen and oxygen atoms in total. The largest absolute Gasteiger partial charge is 0.395 e. The molecule has 0 bridgehead atoms. The number of rotatable bonds is 3. The van der Waals surface area contributed by atoms with E-state index in [2.05, 4.69) is 20.6 Å². The molecule has 0 aliphatic carbocycles. The molecule has 0 saturated carbocycles. The van der Waals surface area contributed by atoms with E-state index in [-0.39, 0.29) is 6.61 Å². The molecule has 0 unspecified atom stereocenters. The molecular formula is C11H14N4OS. The zero-order chi connectivity index (χ0) is 11.7. The van der Waals surface area contributed by atoms with Crippen molar-refractivity contribution in [3.8, 4) is 0 Å². The number of aliphatic hydroxyl groups is 1. The van der Waals surface area contributed by atoms with Crippen molar-refractivity contribution >= 4 is 27.4 Å². The summed E-state index contributed by atoms with van der Waals surface area (Å²) in [4.78, 5) is 11.0. The van der Waals surface area contributed by atoms with Gasteiger partial charge in [-0.15, -0.1) is 11.3 Å². The van der Waals surface area contributed by atoms with Crippen molar-refractivity contribution in [3.63, 3.8) is 0 Å². The normalized spacial score (nSPS) is 14.9. The fourth-order valence-electron chi connectivity index (χ4n) is 2.17. The van der Waals surface area contributed by atoms with Gasteiger partial charge in [-0.25, -0.2) is 9.97 Å². The maximum absolute atomic E-state index is 8.88. The molecule has 2 aromatic heterocycles. The molecule has 3 rings (SSSR count). The van der Waals surface area contributed by atoms with Crippen molar-refractivity contribution in [2.75, 3.05) is 25.0 Å². The lowest BCUT2D eigenvalue weighted by atomic mass is 10.1. The molecule has 1 aliphatic rings. The van der Waals surface area contributed by atoms with Crippen LogP contribution in [0, 0.1) is 0 Å². The maximum Gasteiger partial charge on any atom is 0.138 e. The van der Waals surface area contributed by atoms with Crippen molar-refractivity contribution in [3.05, 3.63) is 16.8 Å². The molecule has 17 heavy (non-hydrogen) atoms. The summed E-state index contributed by atoms with van der Waals surface area (Å²) >= 11 is 1.73. The van der Waals surface area contributed by atoms with Gasteiger partial charge in [0.2, 0.25) is 0 Å². The third-order valence-corrected chi connectivity index (χ3v) is 4.05. The van der Waals surface area contributed by atoms with Crippen LogP contribution >= 0.6 is 11.3 Å². The molecule has 6 heteroatoms. The van der Waals surface area contributed by atoms with Gasteiger partial charge in [0.25, 0.3) is 0 Å². The lowest BCUT2D eigenvalue weighted by Gasteiger charge is -2.13. The Labute approximate surface area is 103 Å². The maximum atomic E-state index is 8.88. The van der Waals surface area contributed by atoms with Gasteiger partial charge in [0.15, 0.2) is 0 Å². The molecule has 0 fully saturated rings. The number of hydrogen-bond donors (Lipinski definition) is 3. The van der Waals surface area contributed by atoms with Crippen LogP contribution in [0.5, 0.6) is 0 Å². The summed E-state index contributed by atoms with van der Waals surface area (Å²) in [6.45, 7) is 2.57. The zero-order valence-corrected chi connectivity index (χ0v) is 10.2. The number of thiophene rings is 1. The van der Waals surface area contributed by atoms with Crippen molar-refractivity contribution in [1.29, 1.82) is 0 Å². The third-order valence-electron chi connectivity index (χ3n) is 2.91. The van der Waals surface area contributed by atoms with E-state index in [9.17, 15) is 0 Å². The smallest absolute Gasteiger partial charge is 0.138 e. The first-order valence-electron chi connectivity index (χ1n) is 5.71. The van der Waals surface area contributed by atoms with Crippen LogP contribution in [-0.4, -0.2) is 34.8 Å². The van der Waals surface area contributed by atoms with Crippen LogP contribution in [0.15, 0.2) is 6.33 Å². The van der Waals surface area contributed by atoms with E-state index < -0.39 is 0 Å². The zero-order valence-electron chi connectivity index (χ0n) is 9.36. The average molecular weight is 250 g/mol. The summed E-state index contributed by atoms with van der Waals surface area (Å²) < 4.78 is 0. The van der Waals surface area contributed by atoms with Crippen LogP contribution in [0.3, 0.4) is 0 Å². The molecule has 2 aromatic rings. The second-order valence-corrected chi connectivity index (χ2v) is 5.07.